The van der Waals surface area contributed by atoms with Gasteiger partial charge in [-0.05, 0) is 48.4 Å². The first-order valence-corrected chi connectivity index (χ1v) is 10.3. The minimum Gasteiger partial charge on any atom is -0.495 e. The van der Waals surface area contributed by atoms with Crippen LogP contribution in [0, 0.1) is 0 Å². The Balaban J connectivity index is 1.61. The number of anilines is 3. The summed E-state index contributed by atoms with van der Waals surface area (Å²) < 4.78 is 32.5. The van der Waals surface area contributed by atoms with Crippen molar-refractivity contribution in [2.45, 2.75) is 6.42 Å². The molecule has 5 nitrogen and oxygen atoms in total. The van der Waals surface area contributed by atoms with Gasteiger partial charge in [0.1, 0.15) is 5.75 Å². The van der Waals surface area contributed by atoms with Gasteiger partial charge in [-0.1, -0.05) is 42.5 Å². The zero-order chi connectivity index (χ0) is 19.1. The van der Waals surface area contributed by atoms with Crippen LogP contribution < -0.4 is 14.8 Å². The molecular weight excluding hydrogens is 360 g/mol. The normalized spacial score (nSPS) is 11.0. The van der Waals surface area contributed by atoms with Gasteiger partial charge in [0, 0.05) is 11.4 Å². The Hall–Kier alpha value is -2.99. The van der Waals surface area contributed by atoms with Crippen LogP contribution in [0.5, 0.6) is 5.75 Å². The van der Waals surface area contributed by atoms with Crippen molar-refractivity contribution in [3.05, 3.63) is 84.4 Å². The Morgan fingerprint density at radius 2 is 1.44 bits per heavy atom. The molecule has 0 fully saturated rings. The Kier molecular flexibility index (Phi) is 5.98. The van der Waals surface area contributed by atoms with Gasteiger partial charge in [-0.2, -0.15) is 0 Å². The number of benzene rings is 3. The summed E-state index contributed by atoms with van der Waals surface area (Å²) >= 11 is 0. The number of methoxy groups -OCH3 is 1. The van der Waals surface area contributed by atoms with Crippen LogP contribution in [0.15, 0.2) is 78.9 Å². The highest BCUT2D eigenvalue weighted by Crippen LogP contribution is 2.27. The lowest BCUT2D eigenvalue weighted by atomic mass is 10.2. The van der Waals surface area contributed by atoms with Crippen LogP contribution in [0.25, 0.3) is 0 Å². The molecule has 140 valence electrons. The van der Waals surface area contributed by atoms with Crippen molar-refractivity contribution in [2.24, 2.45) is 0 Å². The van der Waals surface area contributed by atoms with Crippen molar-refractivity contribution >= 4 is 27.1 Å². The standard InChI is InChI=1S/C21H22N2O3S/c1-26-21-10-6-5-9-20(21)22-18-11-13-19(14-12-18)23-27(24,25)16-15-17-7-3-2-4-8-17/h2-14,22-23H,15-16H2,1H3. The first-order chi connectivity index (χ1) is 13.1. The fourth-order valence-electron chi connectivity index (χ4n) is 2.65. The molecule has 0 spiro atoms. The van der Waals surface area contributed by atoms with E-state index in [1.807, 2.05) is 66.7 Å². The molecule has 6 heteroatoms. The second-order valence-electron chi connectivity index (χ2n) is 6.06. The molecule has 27 heavy (non-hydrogen) atoms. The third-order valence-corrected chi connectivity index (χ3v) is 5.33. The molecule has 0 unspecified atom stereocenters. The maximum absolute atomic E-state index is 12.3. The van der Waals surface area contributed by atoms with Crippen molar-refractivity contribution in [2.75, 3.05) is 22.9 Å². The zero-order valence-corrected chi connectivity index (χ0v) is 15.9. The van der Waals surface area contributed by atoms with E-state index >= 15 is 0 Å². The van der Waals surface area contributed by atoms with Gasteiger partial charge in [-0.3, -0.25) is 4.72 Å². The molecule has 0 aromatic heterocycles. The maximum Gasteiger partial charge on any atom is 0.233 e. The van der Waals surface area contributed by atoms with Crippen LogP contribution in [-0.2, 0) is 16.4 Å². The molecule has 0 amide bonds. The van der Waals surface area contributed by atoms with Crippen LogP contribution in [-0.4, -0.2) is 21.3 Å². The van der Waals surface area contributed by atoms with E-state index in [4.69, 9.17) is 4.74 Å². The Morgan fingerprint density at radius 3 is 2.15 bits per heavy atom. The predicted octanol–water partition coefficient (Wildman–Crippen LogP) is 4.42. The van der Waals surface area contributed by atoms with E-state index in [-0.39, 0.29) is 5.75 Å². The highest BCUT2D eigenvalue weighted by Gasteiger charge is 2.11. The summed E-state index contributed by atoms with van der Waals surface area (Å²) in [6.45, 7) is 0. The number of sulfonamides is 1. The predicted molar refractivity (Wildman–Crippen MR) is 110 cm³/mol. The van der Waals surface area contributed by atoms with E-state index in [2.05, 4.69) is 10.0 Å². The molecular formula is C21H22N2O3S. The third kappa shape index (κ3) is 5.49. The average Bonchev–Trinajstić information content (AvgIpc) is 2.69. The number of rotatable bonds is 8. The summed E-state index contributed by atoms with van der Waals surface area (Å²) in [6.07, 6.45) is 0.476. The maximum atomic E-state index is 12.3. The first kappa shape index (κ1) is 18.8. The van der Waals surface area contributed by atoms with Crippen LogP contribution in [0.1, 0.15) is 5.56 Å². The molecule has 0 aliphatic carbocycles. The second-order valence-corrected chi connectivity index (χ2v) is 7.90. The molecule has 2 N–H and O–H groups in total. The average molecular weight is 382 g/mol. The van der Waals surface area contributed by atoms with Gasteiger partial charge in [0.05, 0.1) is 18.6 Å². The molecule has 3 aromatic rings. The van der Waals surface area contributed by atoms with E-state index in [0.717, 1.165) is 22.7 Å². The van der Waals surface area contributed by atoms with Gasteiger partial charge >= 0.3 is 0 Å². The Labute approximate surface area is 160 Å². The molecule has 3 rings (SSSR count). The van der Waals surface area contributed by atoms with Gasteiger partial charge in [0.25, 0.3) is 0 Å². The Morgan fingerprint density at radius 1 is 0.815 bits per heavy atom. The summed E-state index contributed by atoms with van der Waals surface area (Å²) in [5, 5.41) is 3.26. The van der Waals surface area contributed by atoms with Crippen molar-refractivity contribution in [3.63, 3.8) is 0 Å². The largest absolute Gasteiger partial charge is 0.495 e. The van der Waals surface area contributed by atoms with E-state index in [1.54, 1.807) is 19.2 Å². The number of ether oxygens (including phenoxy) is 1. The molecule has 0 atom stereocenters. The number of nitrogens with one attached hydrogen (secondary N) is 2. The van der Waals surface area contributed by atoms with E-state index in [9.17, 15) is 8.42 Å². The smallest absolute Gasteiger partial charge is 0.233 e. The summed E-state index contributed by atoms with van der Waals surface area (Å²) in [5.74, 6) is 0.779. The van der Waals surface area contributed by atoms with Crippen molar-refractivity contribution in [1.82, 2.24) is 0 Å². The molecule has 0 saturated heterocycles. The quantitative estimate of drug-likeness (QED) is 0.605. The summed E-state index contributed by atoms with van der Waals surface area (Å²) in [6, 6.07) is 24.3. The molecule has 0 radical (unpaired) electrons. The van der Waals surface area contributed by atoms with E-state index < -0.39 is 10.0 Å². The van der Waals surface area contributed by atoms with Gasteiger partial charge in [-0.25, -0.2) is 8.42 Å². The Bertz CT molecular complexity index is 972. The summed E-state index contributed by atoms with van der Waals surface area (Å²) in [4.78, 5) is 0. The lowest BCUT2D eigenvalue weighted by Crippen LogP contribution is -2.18. The van der Waals surface area contributed by atoms with Gasteiger partial charge < -0.3 is 10.1 Å². The van der Waals surface area contributed by atoms with Crippen molar-refractivity contribution in [1.29, 1.82) is 0 Å². The molecule has 3 aromatic carbocycles. The molecule has 0 heterocycles. The van der Waals surface area contributed by atoms with Crippen LogP contribution in [0.2, 0.25) is 0 Å². The fourth-order valence-corrected chi connectivity index (χ4v) is 3.75. The third-order valence-electron chi connectivity index (χ3n) is 4.05. The van der Waals surface area contributed by atoms with E-state index in [1.165, 1.54) is 0 Å². The van der Waals surface area contributed by atoms with Crippen LogP contribution >= 0.6 is 0 Å². The fraction of sp³-hybridized carbons (Fsp3) is 0.143. The van der Waals surface area contributed by atoms with Gasteiger partial charge in [0.2, 0.25) is 10.0 Å². The molecule has 0 aliphatic heterocycles. The van der Waals surface area contributed by atoms with Crippen LogP contribution in [0.4, 0.5) is 17.1 Å². The van der Waals surface area contributed by atoms with Gasteiger partial charge in [0.15, 0.2) is 0 Å². The molecule has 0 saturated carbocycles. The van der Waals surface area contributed by atoms with Gasteiger partial charge in [-0.15, -0.1) is 0 Å². The lowest BCUT2D eigenvalue weighted by Gasteiger charge is -2.12. The van der Waals surface area contributed by atoms with Crippen molar-refractivity contribution in [3.8, 4) is 5.75 Å². The number of hydrogen-bond donors (Lipinski definition) is 2. The lowest BCUT2D eigenvalue weighted by molar-refractivity contribution is 0.417. The minimum atomic E-state index is -3.41. The highest BCUT2D eigenvalue weighted by molar-refractivity contribution is 7.92. The zero-order valence-electron chi connectivity index (χ0n) is 15.1. The van der Waals surface area contributed by atoms with E-state index in [0.29, 0.717) is 12.1 Å². The van der Waals surface area contributed by atoms with Crippen LogP contribution in [0.3, 0.4) is 0 Å². The first-order valence-electron chi connectivity index (χ1n) is 8.60. The minimum absolute atomic E-state index is 0.0399. The SMILES string of the molecule is COc1ccccc1Nc1ccc(NS(=O)(=O)CCc2ccccc2)cc1. The summed E-state index contributed by atoms with van der Waals surface area (Å²) in [7, 11) is -1.79. The number of para-hydroxylation sites is 2. The second kappa shape index (κ2) is 8.60. The molecule has 0 aliphatic rings. The highest BCUT2D eigenvalue weighted by atomic mass is 32.2. The van der Waals surface area contributed by atoms with Crippen molar-refractivity contribution < 1.29 is 13.2 Å². The number of aryl methyl sites for hydroxylation is 1. The number of hydrogen-bond acceptors (Lipinski definition) is 4. The topological polar surface area (TPSA) is 67.4 Å². The molecule has 0 bridgehead atoms. The monoisotopic (exact) mass is 382 g/mol. The summed E-state index contributed by atoms with van der Waals surface area (Å²) in [5.41, 5.74) is 3.22.